The van der Waals surface area contributed by atoms with Crippen LogP contribution >= 0.6 is 0 Å². The number of benzene rings is 12. The van der Waals surface area contributed by atoms with Gasteiger partial charge in [-0.1, -0.05) is 152 Å². The number of rotatable bonds is 2. The molecular weight excluding hydrogens is 697 g/mol. The normalized spacial score (nSPS) is 12.8. The van der Waals surface area contributed by atoms with E-state index in [1.54, 1.807) is 0 Å². The van der Waals surface area contributed by atoms with E-state index in [0.29, 0.717) is 0 Å². The van der Waals surface area contributed by atoms with Gasteiger partial charge >= 0.3 is 0 Å². The molecule has 0 radical (unpaired) electrons. The van der Waals surface area contributed by atoms with Crippen molar-refractivity contribution in [1.29, 1.82) is 0 Å². The van der Waals surface area contributed by atoms with Gasteiger partial charge in [0.25, 0.3) is 0 Å². The molecule has 0 spiro atoms. The molecule has 1 aliphatic carbocycles. The Balaban J connectivity index is 1.02. The average molecular weight is 727 g/mol. The van der Waals surface area contributed by atoms with Gasteiger partial charge in [0.05, 0.1) is 0 Å². The van der Waals surface area contributed by atoms with Crippen LogP contribution in [-0.2, 0) is 0 Å². The Morgan fingerprint density at radius 2 is 0.569 bits per heavy atom. The molecule has 0 atom stereocenters. The summed E-state index contributed by atoms with van der Waals surface area (Å²) in [6.45, 7) is 0. The molecule has 0 saturated carbocycles. The van der Waals surface area contributed by atoms with Crippen LogP contribution in [0.15, 0.2) is 182 Å². The van der Waals surface area contributed by atoms with Crippen molar-refractivity contribution in [2.45, 2.75) is 0 Å². The molecule has 0 nitrogen and oxygen atoms in total. The quantitative estimate of drug-likeness (QED) is 0.123. The van der Waals surface area contributed by atoms with Crippen LogP contribution in [0.25, 0.3) is 152 Å². The highest BCUT2D eigenvalue weighted by molar-refractivity contribution is 6.44. The zero-order chi connectivity index (χ0) is 37.4. The van der Waals surface area contributed by atoms with Gasteiger partial charge in [-0.3, -0.25) is 0 Å². The van der Waals surface area contributed by atoms with Gasteiger partial charge in [0.2, 0.25) is 0 Å². The van der Waals surface area contributed by atoms with Crippen LogP contribution in [-0.4, -0.2) is 0 Å². The molecule has 0 heterocycles. The maximum absolute atomic E-state index is 2.50. The van der Waals surface area contributed by atoms with Crippen molar-refractivity contribution in [3.05, 3.63) is 182 Å². The minimum absolute atomic E-state index is 1.24. The van der Waals surface area contributed by atoms with Crippen LogP contribution in [0.2, 0.25) is 0 Å². The minimum Gasteiger partial charge on any atom is -0.0622 e. The van der Waals surface area contributed by atoms with E-state index < -0.39 is 0 Å². The van der Waals surface area contributed by atoms with E-state index >= 15 is 0 Å². The third-order valence-corrected chi connectivity index (χ3v) is 14.0. The molecule has 0 fully saturated rings. The number of hydrogen-bond donors (Lipinski definition) is 0. The summed E-state index contributed by atoms with van der Waals surface area (Å²) in [5.74, 6) is 0. The molecule has 0 N–H and O–H groups in total. The van der Waals surface area contributed by atoms with E-state index in [0.717, 1.165) is 0 Å². The number of hydrogen-bond acceptors (Lipinski definition) is 0. The van der Waals surface area contributed by atoms with Gasteiger partial charge in [-0.2, -0.15) is 0 Å². The lowest BCUT2D eigenvalue weighted by molar-refractivity contribution is 1.58. The van der Waals surface area contributed by atoms with Crippen LogP contribution in [0.4, 0.5) is 0 Å². The maximum atomic E-state index is 2.50. The summed E-state index contributed by atoms with van der Waals surface area (Å²) in [5, 5.41) is 27.1. The molecule has 262 valence electrons. The molecule has 58 heavy (non-hydrogen) atoms. The molecule has 0 amide bonds. The van der Waals surface area contributed by atoms with Gasteiger partial charge in [-0.15, -0.1) is 0 Å². The molecule has 14 aromatic rings. The van der Waals surface area contributed by atoms with Gasteiger partial charge in [0, 0.05) is 0 Å². The van der Waals surface area contributed by atoms with Crippen molar-refractivity contribution in [3.8, 4) is 44.5 Å². The molecule has 0 heteroatoms. The van der Waals surface area contributed by atoms with Gasteiger partial charge in [-0.05, 0) is 183 Å². The zero-order valence-corrected chi connectivity index (χ0v) is 31.3. The van der Waals surface area contributed by atoms with Crippen LogP contribution in [0.5, 0.6) is 0 Å². The Labute approximate surface area is 332 Å². The van der Waals surface area contributed by atoms with Crippen molar-refractivity contribution in [1.82, 2.24) is 0 Å². The fourth-order valence-corrected chi connectivity index (χ4v) is 11.6. The third-order valence-electron chi connectivity index (χ3n) is 14.0. The van der Waals surface area contributed by atoms with E-state index in [2.05, 4.69) is 182 Å². The first kappa shape index (κ1) is 29.7. The smallest absolute Gasteiger partial charge is 0.00139 e. The highest BCUT2D eigenvalue weighted by Gasteiger charge is 2.28. The first-order valence-electron chi connectivity index (χ1n) is 20.4. The second-order valence-electron chi connectivity index (χ2n) is 16.6. The summed E-state index contributed by atoms with van der Waals surface area (Å²) in [5.41, 5.74) is 10.4. The fourth-order valence-electron chi connectivity index (χ4n) is 11.6. The molecule has 15 rings (SSSR count). The van der Waals surface area contributed by atoms with Crippen LogP contribution in [0.1, 0.15) is 0 Å². The van der Waals surface area contributed by atoms with Gasteiger partial charge in [-0.25, -0.2) is 0 Å². The summed E-state index contributed by atoms with van der Waals surface area (Å²) in [4.78, 5) is 0. The zero-order valence-electron chi connectivity index (χ0n) is 31.3. The molecule has 0 saturated heterocycles. The Bertz CT molecular complexity index is 3980. The Morgan fingerprint density at radius 3 is 1.14 bits per heavy atom. The van der Waals surface area contributed by atoms with Crippen molar-refractivity contribution in [2.24, 2.45) is 0 Å². The second kappa shape index (κ2) is 10.2. The van der Waals surface area contributed by atoms with Crippen molar-refractivity contribution < 1.29 is 0 Å². The Morgan fingerprint density at radius 1 is 0.172 bits per heavy atom. The summed E-state index contributed by atoms with van der Waals surface area (Å²) in [7, 11) is 0. The van der Waals surface area contributed by atoms with Crippen LogP contribution in [0.3, 0.4) is 0 Å². The summed E-state index contributed by atoms with van der Waals surface area (Å²) in [6, 6.07) is 69.2. The highest BCUT2D eigenvalue weighted by Crippen LogP contribution is 2.56. The molecular formula is C58H30. The van der Waals surface area contributed by atoms with E-state index in [-0.39, 0.29) is 0 Å². The van der Waals surface area contributed by atoms with Gasteiger partial charge in [0.1, 0.15) is 0 Å². The van der Waals surface area contributed by atoms with E-state index in [1.807, 2.05) is 0 Å². The van der Waals surface area contributed by atoms with Crippen LogP contribution in [0, 0.1) is 0 Å². The van der Waals surface area contributed by atoms with Gasteiger partial charge in [0.15, 0.2) is 0 Å². The fraction of sp³-hybridized carbons (Fsp3) is 0. The summed E-state index contributed by atoms with van der Waals surface area (Å²) < 4.78 is 0. The highest BCUT2D eigenvalue weighted by atomic mass is 14.3. The summed E-state index contributed by atoms with van der Waals surface area (Å²) in [6.07, 6.45) is 0. The molecule has 0 aliphatic heterocycles. The third kappa shape index (κ3) is 3.47. The van der Waals surface area contributed by atoms with Crippen molar-refractivity contribution >= 4 is 108 Å². The van der Waals surface area contributed by atoms with Crippen molar-refractivity contribution in [2.75, 3.05) is 0 Å². The SMILES string of the molecule is c1ccc(-c2cc3c(cc2-c2ccccc2)-c2ccc4c5ccc6c7cc8c(cc7c7ccc(c9ccc-3c2c94)c5c76)cc2c3ccccc3c3cccc8c32)cc1. The predicted octanol–water partition coefficient (Wildman–Crippen LogP) is 16.5. The number of fused-ring (bicyclic) bond motifs is 13. The first-order valence-corrected chi connectivity index (χ1v) is 20.4. The molecule has 0 aromatic heterocycles. The molecule has 0 unspecified atom stereocenters. The summed E-state index contributed by atoms with van der Waals surface area (Å²) >= 11 is 0. The lowest BCUT2D eigenvalue weighted by Gasteiger charge is -2.16. The van der Waals surface area contributed by atoms with E-state index in [9.17, 15) is 0 Å². The lowest BCUT2D eigenvalue weighted by Crippen LogP contribution is -1.88. The largest absolute Gasteiger partial charge is 0.0622 e. The van der Waals surface area contributed by atoms with Gasteiger partial charge < -0.3 is 0 Å². The predicted molar refractivity (Wildman–Crippen MR) is 250 cm³/mol. The van der Waals surface area contributed by atoms with Crippen LogP contribution < -0.4 is 0 Å². The first-order chi connectivity index (χ1) is 28.8. The maximum Gasteiger partial charge on any atom is -0.00139 e. The molecule has 0 bridgehead atoms. The lowest BCUT2D eigenvalue weighted by atomic mass is 9.87. The topological polar surface area (TPSA) is 0 Å². The van der Waals surface area contributed by atoms with Crippen molar-refractivity contribution in [3.63, 3.8) is 0 Å². The average Bonchev–Trinajstić information content (AvgIpc) is 3.91. The van der Waals surface area contributed by atoms with E-state index in [4.69, 9.17) is 0 Å². The molecule has 14 aromatic carbocycles. The minimum atomic E-state index is 1.24. The second-order valence-corrected chi connectivity index (χ2v) is 16.6. The monoisotopic (exact) mass is 726 g/mol. The Kier molecular flexibility index (Phi) is 5.25. The molecule has 1 aliphatic rings. The standard InChI is InChI=1S/C58H30/c1-3-10-31(11-4-1)46-28-51-44-24-20-40-38-18-22-42-49-26-33-27-53-35-15-8-7-14-34(35)36-16-9-17-37(54(36)53)48(33)30-50(49)43-23-19-39(55(38)57(42)43)41-21-25-45(58(44)56(40)41)52(51)29-47(46)32-12-5-2-6-13-32/h1-30H. The Hall–Kier alpha value is -7.54. The van der Waals surface area contributed by atoms with E-state index in [1.165, 1.54) is 152 Å².